The summed E-state index contributed by atoms with van der Waals surface area (Å²) in [4.78, 5) is 0. The number of hydrogen-bond acceptors (Lipinski definition) is 3. The highest BCUT2D eigenvalue weighted by Crippen LogP contribution is 2.37. The zero-order chi connectivity index (χ0) is 14.5. The van der Waals surface area contributed by atoms with Gasteiger partial charge in [-0.1, -0.05) is 44.5 Å². The highest BCUT2D eigenvalue weighted by Gasteiger charge is 2.30. The van der Waals surface area contributed by atoms with Gasteiger partial charge in [0.05, 0.1) is 0 Å². The molecular weight excluding hydrogens is 306 g/mol. The van der Waals surface area contributed by atoms with E-state index in [1.54, 1.807) is 0 Å². The van der Waals surface area contributed by atoms with E-state index in [4.69, 9.17) is 11.6 Å². The maximum atomic E-state index is 6.10. The number of likely N-dealkylation sites (N-methyl/N-ethyl adjacent to an activating group) is 1. The van der Waals surface area contributed by atoms with E-state index < -0.39 is 0 Å². The Kier molecular flexibility index (Phi) is 6.60. The Hall–Kier alpha value is 0.170. The van der Waals surface area contributed by atoms with Crippen molar-refractivity contribution in [2.75, 3.05) is 12.3 Å². The molecule has 1 heterocycles. The van der Waals surface area contributed by atoms with E-state index in [9.17, 15) is 0 Å². The number of nitrogens with one attached hydrogen (secondary N) is 1. The van der Waals surface area contributed by atoms with Gasteiger partial charge in [-0.15, -0.1) is 0 Å². The Balaban J connectivity index is 2.03. The fourth-order valence-corrected chi connectivity index (χ4v) is 5.88. The topological polar surface area (TPSA) is 12.0 Å². The SMILES string of the molecule is CCNC(Cc1cccc(Cl)c1)C1CSC(C)C(C)S1. The van der Waals surface area contributed by atoms with E-state index in [2.05, 4.69) is 61.7 Å². The zero-order valence-corrected chi connectivity index (χ0v) is 14.8. The molecule has 0 radical (unpaired) electrons. The molecule has 1 saturated heterocycles. The molecule has 1 aliphatic rings. The molecule has 0 amide bonds. The molecule has 0 aliphatic carbocycles. The van der Waals surface area contributed by atoms with Crippen LogP contribution in [0, 0.1) is 0 Å². The average molecular weight is 330 g/mol. The molecule has 0 saturated carbocycles. The van der Waals surface area contributed by atoms with Crippen LogP contribution in [-0.4, -0.2) is 34.1 Å². The molecular formula is C16H24ClNS2. The first-order chi connectivity index (χ1) is 9.60. The molecule has 2 rings (SSSR count). The predicted octanol–water partition coefficient (Wildman–Crippen LogP) is 4.49. The summed E-state index contributed by atoms with van der Waals surface area (Å²) in [5, 5.41) is 6.71. The van der Waals surface area contributed by atoms with Gasteiger partial charge in [-0.2, -0.15) is 23.5 Å². The normalized spacial score (nSPS) is 28.3. The highest BCUT2D eigenvalue weighted by molar-refractivity contribution is 8.07. The molecule has 112 valence electrons. The molecule has 0 spiro atoms. The number of benzene rings is 1. The minimum Gasteiger partial charge on any atom is -0.313 e. The van der Waals surface area contributed by atoms with Gasteiger partial charge in [0.2, 0.25) is 0 Å². The third-order valence-corrected chi connectivity index (χ3v) is 7.62. The summed E-state index contributed by atoms with van der Waals surface area (Å²) in [6.45, 7) is 7.92. The van der Waals surface area contributed by atoms with Gasteiger partial charge in [0.25, 0.3) is 0 Å². The van der Waals surface area contributed by atoms with Gasteiger partial charge in [-0.05, 0) is 30.7 Å². The summed E-state index contributed by atoms with van der Waals surface area (Å²) >= 11 is 10.4. The molecule has 4 atom stereocenters. The maximum Gasteiger partial charge on any atom is 0.0408 e. The smallest absolute Gasteiger partial charge is 0.0408 e. The van der Waals surface area contributed by atoms with Crippen molar-refractivity contribution in [1.29, 1.82) is 0 Å². The second kappa shape index (κ2) is 7.98. The summed E-state index contributed by atoms with van der Waals surface area (Å²) in [6.07, 6.45) is 1.06. The number of rotatable bonds is 5. The molecule has 1 fully saturated rings. The molecule has 20 heavy (non-hydrogen) atoms. The number of thioether (sulfide) groups is 2. The molecule has 1 nitrogen and oxygen atoms in total. The summed E-state index contributed by atoms with van der Waals surface area (Å²) in [5.74, 6) is 1.24. The van der Waals surface area contributed by atoms with E-state index >= 15 is 0 Å². The van der Waals surface area contributed by atoms with Gasteiger partial charge in [0, 0.05) is 32.6 Å². The van der Waals surface area contributed by atoms with Gasteiger partial charge >= 0.3 is 0 Å². The van der Waals surface area contributed by atoms with E-state index in [0.717, 1.165) is 28.5 Å². The van der Waals surface area contributed by atoms with Crippen LogP contribution < -0.4 is 5.32 Å². The number of hydrogen-bond donors (Lipinski definition) is 1. The van der Waals surface area contributed by atoms with E-state index in [1.807, 2.05) is 12.1 Å². The largest absolute Gasteiger partial charge is 0.313 e. The molecule has 1 aromatic rings. The summed E-state index contributed by atoms with van der Waals surface area (Å²) in [6, 6.07) is 8.81. The average Bonchev–Trinajstić information content (AvgIpc) is 2.41. The third kappa shape index (κ3) is 4.59. The lowest BCUT2D eigenvalue weighted by molar-refractivity contribution is 0.520. The van der Waals surface area contributed by atoms with Crippen molar-refractivity contribution < 1.29 is 0 Å². The van der Waals surface area contributed by atoms with Gasteiger partial charge in [0.1, 0.15) is 0 Å². The second-order valence-electron chi connectivity index (χ2n) is 5.42. The second-order valence-corrected chi connectivity index (χ2v) is 8.88. The van der Waals surface area contributed by atoms with Gasteiger partial charge in [0.15, 0.2) is 0 Å². The lowest BCUT2D eigenvalue weighted by atomic mass is 10.0. The Morgan fingerprint density at radius 1 is 1.35 bits per heavy atom. The van der Waals surface area contributed by atoms with Crippen molar-refractivity contribution in [3.63, 3.8) is 0 Å². The van der Waals surface area contributed by atoms with Gasteiger partial charge in [-0.3, -0.25) is 0 Å². The first-order valence-electron chi connectivity index (χ1n) is 7.35. The van der Waals surface area contributed by atoms with Crippen LogP contribution in [0.1, 0.15) is 26.3 Å². The van der Waals surface area contributed by atoms with E-state index in [1.165, 1.54) is 11.3 Å². The van der Waals surface area contributed by atoms with Crippen molar-refractivity contribution in [3.8, 4) is 0 Å². The fraction of sp³-hybridized carbons (Fsp3) is 0.625. The summed E-state index contributed by atoms with van der Waals surface area (Å²) < 4.78 is 0. The lowest BCUT2D eigenvalue weighted by Crippen LogP contribution is -2.44. The van der Waals surface area contributed by atoms with Crippen LogP contribution in [0.5, 0.6) is 0 Å². The van der Waals surface area contributed by atoms with Gasteiger partial charge in [-0.25, -0.2) is 0 Å². The number of halogens is 1. The molecule has 1 aromatic carbocycles. The van der Waals surface area contributed by atoms with Crippen LogP contribution in [0.2, 0.25) is 5.02 Å². The minimum atomic E-state index is 0.533. The minimum absolute atomic E-state index is 0.533. The first kappa shape index (κ1) is 16.5. The van der Waals surface area contributed by atoms with E-state index in [0.29, 0.717) is 11.3 Å². The Labute approximate surface area is 136 Å². The van der Waals surface area contributed by atoms with Crippen LogP contribution in [0.25, 0.3) is 0 Å². The Morgan fingerprint density at radius 3 is 2.80 bits per heavy atom. The molecule has 1 aliphatic heterocycles. The van der Waals surface area contributed by atoms with Crippen molar-refractivity contribution >= 4 is 35.1 Å². The van der Waals surface area contributed by atoms with Crippen molar-refractivity contribution in [3.05, 3.63) is 34.9 Å². The van der Waals surface area contributed by atoms with Crippen LogP contribution in [-0.2, 0) is 6.42 Å². The van der Waals surface area contributed by atoms with E-state index in [-0.39, 0.29) is 0 Å². The Bertz CT molecular complexity index is 427. The molecule has 0 aromatic heterocycles. The monoisotopic (exact) mass is 329 g/mol. The summed E-state index contributed by atoms with van der Waals surface area (Å²) in [7, 11) is 0. The van der Waals surface area contributed by atoms with Crippen molar-refractivity contribution in [1.82, 2.24) is 5.32 Å². The van der Waals surface area contributed by atoms with Crippen LogP contribution in [0.15, 0.2) is 24.3 Å². The molecule has 0 bridgehead atoms. The van der Waals surface area contributed by atoms with Crippen LogP contribution in [0.3, 0.4) is 0 Å². The van der Waals surface area contributed by atoms with Crippen LogP contribution >= 0.6 is 35.1 Å². The summed E-state index contributed by atoms with van der Waals surface area (Å²) in [5.41, 5.74) is 1.33. The maximum absolute atomic E-state index is 6.10. The van der Waals surface area contributed by atoms with Gasteiger partial charge < -0.3 is 5.32 Å². The van der Waals surface area contributed by atoms with Crippen LogP contribution in [0.4, 0.5) is 0 Å². The molecule has 1 N–H and O–H groups in total. The quantitative estimate of drug-likeness (QED) is 0.855. The van der Waals surface area contributed by atoms with Crippen molar-refractivity contribution in [2.24, 2.45) is 0 Å². The first-order valence-corrected chi connectivity index (χ1v) is 9.72. The molecule has 4 heteroatoms. The zero-order valence-electron chi connectivity index (χ0n) is 12.4. The Morgan fingerprint density at radius 2 is 2.15 bits per heavy atom. The lowest BCUT2D eigenvalue weighted by Gasteiger charge is -2.36. The molecule has 4 unspecified atom stereocenters. The van der Waals surface area contributed by atoms with Crippen molar-refractivity contribution in [2.45, 2.75) is 49.0 Å². The fourth-order valence-electron chi connectivity index (χ4n) is 2.53. The predicted molar refractivity (Wildman–Crippen MR) is 95.4 cm³/mol. The highest BCUT2D eigenvalue weighted by atomic mass is 35.5. The third-order valence-electron chi connectivity index (χ3n) is 3.83. The standard InChI is InChI=1S/C16H24ClNS2/c1-4-18-15(9-13-6-5-7-14(17)8-13)16-10-19-11(2)12(3)20-16/h5-8,11-12,15-16,18H,4,9-10H2,1-3H3.